The Bertz CT molecular complexity index is 956. The Labute approximate surface area is 158 Å². The van der Waals surface area contributed by atoms with Crippen LogP contribution in [0.4, 0.5) is 11.4 Å². The first-order valence-electron chi connectivity index (χ1n) is 8.80. The van der Waals surface area contributed by atoms with Crippen LogP contribution in [0.25, 0.3) is 10.9 Å². The number of esters is 1. The van der Waals surface area contributed by atoms with Gasteiger partial charge >= 0.3 is 5.97 Å². The molecule has 0 fully saturated rings. The highest BCUT2D eigenvalue weighted by Crippen LogP contribution is 2.35. The number of carbonyl (C=O) groups is 1. The number of carbonyl (C=O) groups excluding carboxylic acids is 1. The number of nitrogens with zero attached hydrogens (tertiary/aromatic N) is 1. The van der Waals surface area contributed by atoms with Crippen molar-refractivity contribution in [1.29, 1.82) is 0 Å². The van der Waals surface area contributed by atoms with Gasteiger partial charge in [-0.25, -0.2) is 4.79 Å². The molecule has 6 heteroatoms. The molecule has 0 aliphatic heterocycles. The number of benzene rings is 2. The maximum Gasteiger partial charge on any atom is 0.341 e. The van der Waals surface area contributed by atoms with Crippen LogP contribution in [0.5, 0.6) is 11.5 Å². The average Bonchev–Trinajstić information content (AvgIpc) is 2.69. The van der Waals surface area contributed by atoms with Crippen LogP contribution in [0.15, 0.2) is 48.7 Å². The molecular formula is C21H22N2O4. The van der Waals surface area contributed by atoms with E-state index in [0.29, 0.717) is 29.4 Å². The number of hydrogen-bond donors (Lipinski definition) is 1. The van der Waals surface area contributed by atoms with Gasteiger partial charge in [0.05, 0.1) is 37.2 Å². The fourth-order valence-corrected chi connectivity index (χ4v) is 2.78. The first-order valence-corrected chi connectivity index (χ1v) is 8.80. The van der Waals surface area contributed by atoms with Crippen molar-refractivity contribution in [1.82, 2.24) is 4.98 Å². The second-order valence-corrected chi connectivity index (χ2v) is 5.70. The molecule has 0 atom stereocenters. The Kier molecular flexibility index (Phi) is 5.76. The molecule has 0 amide bonds. The summed E-state index contributed by atoms with van der Waals surface area (Å²) in [5, 5.41) is 4.09. The predicted molar refractivity (Wildman–Crippen MR) is 105 cm³/mol. The third-order valence-corrected chi connectivity index (χ3v) is 4.02. The zero-order valence-electron chi connectivity index (χ0n) is 15.6. The van der Waals surface area contributed by atoms with Crippen molar-refractivity contribution < 1.29 is 19.0 Å². The molecule has 0 spiro atoms. The third kappa shape index (κ3) is 3.95. The molecule has 1 N–H and O–H groups in total. The summed E-state index contributed by atoms with van der Waals surface area (Å²) in [7, 11) is 1.60. The maximum atomic E-state index is 12.5. The molecule has 27 heavy (non-hydrogen) atoms. The minimum atomic E-state index is -0.439. The van der Waals surface area contributed by atoms with Gasteiger partial charge in [0.1, 0.15) is 17.1 Å². The predicted octanol–water partition coefficient (Wildman–Crippen LogP) is 4.56. The molecule has 140 valence electrons. The second kappa shape index (κ2) is 8.40. The number of hydrogen-bond acceptors (Lipinski definition) is 6. The molecule has 0 saturated carbocycles. The number of anilines is 2. The normalized spacial score (nSPS) is 10.5. The fourth-order valence-electron chi connectivity index (χ4n) is 2.78. The maximum absolute atomic E-state index is 12.5. The number of rotatable bonds is 7. The van der Waals surface area contributed by atoms with E-state index in [0.717, 1.165) is 16.6 Å². The van der Waals surface area contributed by atoms with Gasteiger partial charge in [0, 0.05) is 11.6 Å². The highest BCUT2D eigenvalue weighted by Gasteiger charge is 2.18. The lowest BCUT2D eigenvalue weighted by Crippen LogP contribution is -2.10. The molecule has 0 radical (unpaired) electrons. The Morgan fingerprint density at radius 1 is 1.11 bits per heavy atom. The number of aromatic nitrogens is 1. The zero-order chi connectivity index (χ0) is 19.2. The van der Waals surface area contributed by atoms with E-state index < -0.39 is 5.97 Å². The summed E-state index contributed by atoms with van der Waals surface area (Å²) in [6.07, 6.45) is 1.53. The van der Waals surface area contributed by atoms with E-state index in [2.05, 4.69) is 10.3 Å². The third-order valence-electron chi connectivity index (χ3n) is 4.02. The van der Waals surface area contributed by atoms with E-state index in [1.807, 2.05) is 49.4 Å². The average molecular weight is 366 g/mol. The molecule has 1 aromatic heterocycles. The summed E-state index contributed by atoms with van der Waals surface area (Å²) >= 11 is 0. The van der Waals surface area contributed by atoms with Gasteiger partial charge in [-0.3, -0.25) is 4.98 Å². The molecule has 3 aromatic rings. The summed E-state index contributed by atoms with van der Waals surface area (Å²) < 4.78 is 16.2. The molecule has 6 nitrogen and oxygen atoms in total. The lowest BCUT2D eigenvalue weighted by Gasteiger charge is -2.17. The molecule has 1 heterocycles. The second-order valence-electron chi connectivity index (χ2n) is 5.70. The molecule has 0 bridgehead atoms. The van der Waals surface area contributed by atoms with E-state index in [9.17, 15) is 4.79 Å². The van der Waals surface area contributed by atoms with Crippen molar-refractivity contribution in [2.24, 2.45) is 0 Å². The summed E-state index contributed by atoms with van der Waals surface area (Å²) in [5.74, 6) is 0.931. The van der Waals surface area contributed by atoms with E-state index in [1.54, 1.807) is 14.0 Å². The topological polar surface area (TPSA) is 69.7 Å². The van der Waals surface area contributed by atoms with Gasteiger partial charge < -0.3 is 19.5 Å². The van der Waals surface area contributed by atoms with Gasteiger partial charge in [-0.1, -0.05) is 12.1 Å². The molecule has 0 saturated heterocycles. The number of nitrogens with one attached hydrogen (secondary N) is 1. The van der Waals surface area contributed by atoms with Crippen LogP contribution >= 0.6 is 0 Å². The summed E-state index contributed by atoms with van der Waals surface area (Å²) in [6.45, 7) is 4.51. The fraction of sp³-hybridized carbons (Fsp3) is 0.238. The van der Waals surface area contributed by atoms with Crippen molar-refractivity contribution in [2.45, 2.75) is 13.8 Å². The zero-order valence-corrected chi connectivity index (χ0v) is 15.6. The van der Waals surface area contributed by atoms with Crippen LogP contribution in [0.2, 0.25) is 0 Å². The summed E-state index contributed by atoms with van der Waals surface area (Å²) in [6, 6.07) is 13.1. The first kappa shape index (κ1) is 18.5. The van der Waals surface area contributed by atoms with Crippen LogP contribution < -0.4 is 14.8 Å². The van der Waals surface area contributed by atoms with E-state index in [4.69, 9.17) is 14.2 Å². The molecule has 3 rings (SSSR count). The minimum absolute atomic E-state index is 0.282. The number of fused-ring (bicyclic) bond motifs is 1. The van der Waals surface area contributed by atoms with Crippen LogP contribution in [-0.2, 0) is 4.74 Å². The SMILES string of the molecule is CCOC(=O)c1cnc2ccc(OC)cc2c1Nc1ccccc1OCC. The summed E-state index contributed by atoms with van der Waals surface area (Å²) in [4.78, 5) is 16.9. The van der Waals surface area contributed by atoms with Gasteiger partial charge in [0.25, 0.3) is 0 Å². The van der Waals surface area contributed by atoms with E-state index >= 15 is 0 Å². The smallest absolute Gasteiger partial charge is 0.341 e. The highest BCUT2D eigenvalue weighted by molar-refractivity contribution is 6.06. The summed E-state index contributed by atoms with van der Waals surface area (Å²) in [5.41, 5.74) is 2.44. The van der Waals surface area contributed by atoms with E-state index in [-0.39, 0.29) is 6.61 Å². The molecule has 0 unspecified atom stereocenters. The molecule has 0 aliphatic rings. The van der Waals surface area contributed by atoms with Crippen LogP contribution in [-0.4, -0.2) is 31.3 Å². The molecule has 2 aromatic carbocycles. The van der Waals surface area contributed by atoms with Crippen molar-refractivity contribution in [3.8, 4) is 11.5 Å². The molecule has 0 aliphatic carbocycles. The Morgan fingerprint density at radius 3 is 2.67 bits per heavy atom. The number of ether oxygens (including phenoxy) is 3. The van der Waals surface area contributed by atoms with Crippen LogP contribution in [0.1, 0.15) is 24.2 Å². The Balaban J connectivity index is 2.18. The lowest BCUT2D eigenvalue weighted by molar-refractivity contribution is 0.0527. The Hall–Kier alpha value is -3.28. The van der Waals surface area contributed by atoms with Gasteiger partial charge in [-0.2, -0.15) is 0 Å². The van der Waals surface area contributed by atoms with Crippen molar-refractivity contribution in [3.05, 3.63) is 54.2 Å². The highest BCUT2D eigenvalue weighted by atomic mass is 16.5. The van der Waals surface area contributed by atoms with Gasteiger partial charge in [0.15, 0.2) is 0 Å². The minimum Gasteiger partial charge on any atom is -0.497 e. The van der Waals surface area contributed by atoms with Crippen LogP contribution in [0.3, 0.4) is 0 Å². The van der Waals surface area contributed by atoms with Crippen molar-refractivity contribution in [3.63, 3.8) is 0 Å². The van der Waals surface area contributed by atoms with Gasteiger partial charge in [-0.05, 0) is 44.2 Å². The van der Waals surface area contributed by atoms with Crippen LogP contribution in [0, 0.1) is 0 Å². The largest absolute Gasteiger partial charge is 0.497 e. The van der Waals surface area contributed by atoms with Crippen molar-refractivity contribution >= 4 is 28.2 Å². The first-order chi connectivity index (χ1) is 13.2. The Morgan fingerprint density at radius 2 is 1.93 bits per heavy atom. The van der Waals surface area contributed by atoms with Gasteiger partial charge in [0.2, 0.25) is 0 Å². The van der Waals surface area contributed by atoms with Crippen molar-refractivity contribution in [2.75, 3.05) is 25.6 Å². The number of pyridine rings is 1. The number of methoxy groups -OCH3 is 1. The quantitative estimate of drug-likeness (QED) is 0.618. The monoisotopic (exact) mass is 366 g/mol. The van der Waals surface area contributed by atoms with E-state index in [1.165, 1.54) is 6.20 Å². The molecular weight excluding hydrogens is 344 g/mol. The lowest BCUT2D eigenvalue weighted by atomic mass is 10.1. The van der Waals surface area contributed by atoms with Gasteiger partial charge in [-0.15, -0.1) is 0 Å². The standard InChI is InChI=1S/C21H22N2O4/c1-4-26-19-9-7-6-8-18(19)23-20-15-12-14(25-3)10-11-17(15)22-13-16(20)21(24)27-5-2/h6-13H,4-5H2,1-3H3,(H,22,23). The number of para-hydroxylation sites is 2.